The molecule has 0 saturated heterocycles. The van der Waals surface area contributed by atoms with Crippen LogP contribution < -0.4 is 10.6 Å². The molecule has 1 aliphatic carbocycles. The van der Waals surface area contributed by atoms with Crippen molar-refractivity contribution < 1.29 is 0 Å². The third-order valence-corrected chi connectivity index (χ3v) is 4.38. The van der Waals surface area contributed by atoms with Crippen molar-refractivity contribution >= 4 is 23.4 Å². The van der Waals surface area contributed by atoms with E-state index in [-0.39, 0.29) is 0 Å². The number of hydrogen-bond acceptors (Lipinski definition) is 4. The number of rotatable bonds is 6. The first-order valence-corrected chi connectivity index (χ1v) is 7.87. The molecule has 1 heterocycles. The standard InChI is InChI=1S/C15H25ClN4/c1-11(2)8-15(6-4-5-7-15)10-19-13-12(16)9-18-14(17-3)20-13/h9,11H,4-8,10H2,1-3H3,(H2,17,18,19,20). The highest BCUT2D eigenvalue weighted by Gasteiger charge is 2.34. The van der Waals surface area contributed by atoms with Gasteiger partial charge in [-0.25, -0.2) is 4.98 Å². The summed E-state index contributed by atoms with van der Waals surface area (Å²) in [6, 6.07) is 0. The molecule has 5 heteroatoms. The van der Waals surface area contributed by atoms with Crippen LogP contribution in [-0.4, -0.2) is 23.6 Å². The van der Waals surface area contributed by atoms with E-state index in [0.29, 0.717) is 16.4 Å². The second-order valence-corrected chi connectivity index (χ2v) is 6.71. The van der Waals surface area contributed by atoms with E-state index in [2.05, 4.69) is 34.4 Å². The fourth-order valence-corrected chi connectivity index (χ4v) is 3.48. The van der Waals surface area contributed by atoms with Crippen LogP contribution in [0, 0.1) is 11.3 Å². The number of anilines is 2. The van der Waals surface area contributed by atoms with Crippen molar-refractivity contribution in [2.24, 2.45) is 11.3 Å². The van der Waals surface area contributed by atoms with Crippen molar-refractivity contribution in [1.82, 2.24) is 9.97 Å². The fourth-order valence-electron chi connectivity index (χ4n) is 3.33. The Hall–Kier alpha value is -1.03. The van der Waals surface area contributed by atoms with Crippen LogP contribution in [0.15, 0.2) is 6.20 Å². The molecule has 0 unspecified atom stereocenters. The quantitative estimate of drug-likeness (QED) is 0.826. The van der Waals surface area contributed by atoms with Crippen molar-refractivity contribution in [2.45, 2.75) is 46.0 Å². The second kappa shape index (κ2) is 6.61. The molecule has 20 heavy (non-hydrogen) atoms. The number of halogens is 1. The maximum absolute atomic E-state index is 6.17. The van der Waals surface area contributed by atoms with Gasteiger partial charge in [0.25, 0.3) is 0 Å². The van der Waals surface area contributed by atoms with Gasteiger partial charge in [0.1, 0.15) is 5.02 Å². The van der Waals surface area contributed by atoms with E-state index in [1.165, 1.54) is 32.1 Å². The van der Waals surface area contributed by atoms with E-state index >= 15 is 0 Å². The summed E-state index contributed by atoms with van der Waals surface area (Å²) in [6.07, 6.45) is 8.20. The van der Waals surface area contributed by atoms with E-state index in [1.54, 1.807) is 6.20 Å². The minimum atomic E-state index is 0.405. The van der Waals surface area contributed by atoms with Gasteiger partial charge in [-0.15, -0.1) is 0 Å². The molecule has 4 nitrogen and oxygen atoms in total. The zero-order chi connectivity index (χ0) is 14.6. The molecule has 2 N–H and O–H groups in total. The van der Waals surface area contributed by atoms with E-state index < -0.39 is 0 Å². The molecule has 1 aliphatic rings. The Morgan fingerprint density at radius 2 is 2.05 bits per heavy atom. The van der Waals surface area contributed by atoms with Crippen molar-refractivity contribution in [3.63, 3.8) is 0 Å². The van der Waals surface area contributed by atoms with E-state index in [1.807, 2.05) is 7.05 Å². The van der Waals surface area contributed by atoms with Gasteiger partial charge in [-0.3, -0.25) is 0 Å². The smallest absolute Gasteiger partial charge is 0.224 e. The van der Waals surface area contributed by atoms with Gasteiger partial charge in [-0.1, -0.05) is 38.3 Å². The number of aromatic nitrogens is 2. The topological polar surface area (TPSA) is 49.8 Å². The Kier molecular flexibility index (Phi) is 5.08. The summed E-state index contributed by atoms with van der Waals surface area (Å²) >= 11 is 6.17. The average Bonchev–Trinajstić information content (AvgIpc) is 2.86. The van der Waals surface area contributed by atoms with E-state index in [4.69, 9.17) is 11.6 Å². The third-order valence-electron chi connectivity index (χ3n) is 4.10. The molecule has 1 aromatic heterocycles. The lowest BCUT2D eigenvalue weighted by Gasteiger charge is -2.31. The number of nitrogens with zero attached hydrogens (tertiary/aromatic N) is 2. The van der Waals surface area contributed by atoms with Crippen molar-refractivity contribution in [1.29, 1.82) is 0 Å². The molecule has 1 fully saturated rings. The van der Waals surface area contributed by atoms with Gasteiger partial charge in [-0.2, -0.15) is 4.98 Å². The summed E-state index contributed by atoms with van der Waals surface area (Å²) in [4.78, 5) is 8.51. The molecule has 0 amide bonds. The SMILES string of the molecule is CNc1ncc(Cl)c(NCC2(CC(C)C)CCCC2)n1. The Bertz CT molecular complexity index is 441. The van der Waals surface area contributed by atoms with E-state index in [9.17, 15) is 0 Å². The summed E-state index contributed by atoms with van der Waals surface area (Å²) in [5.41, 5.74) is 0.405. The largest absolute Gasteiger partial charge is 0.368 e. The lowest BCUT2D eigenvalue weighted by molar-refractivity contribution is 0.252. The van der Waals surface area contributed by atoms with Crippen LogP contribution in [0.5, 0.6) is 0 Å². The minimum absolute atomic E-state index is 0.405. The van der Waals surface area contributed by atoms with Crippen LogP contribution in [0.1, 0.15) is 46.0 Å². The van der Waals surface area contributed by atoms with Gasteiger partial charge in [0, 0.05) is 13.6 Å². The lowest BCUT2D eigenvalue weighted by atomic mass is 9.78. The fraction of sp³-hybridized carbons (Fsp3) is 0.733. The number of nitrogens with one attached hydrogen (secondary N) is 2. The predicted molar refractivity (Wildman–Crippen MR) is 85.4 cm³/mol. The van der Waals surface area contributed by atoms with Gasteiger partial charge in [-0.05, 0) is 30.6 Å². The first kappa shape index (κ1) is 15.4. The Labute approximate surface area is 126 Å². The molecule has 0 atom stereocenters. The summed E-state index contributed by atoms with van der Waals surface area (Å²) in [7, 11) is 1.81. The summed E-state index contributed by atoms with van der Waals surface area (Å²) in [6.45, 7) is 5.55. The highest BCUT2D eigenvalue weighted by Crippen LogP contribution is 2.43. The van der Waals surface area contributed by atoms with Crippen LogP contribution in [0.25, 0.3) is 0 Å². The van der Waals surface area contributed by atoms with Crippen molar-refractivity contribution in [3.8, 4) is 0 Å². The minimum Gasteiger partial charge on any atom is -0.368 e. The molecule has 1 saturated carbocycles. The van der Waals surface area contributed by atoms with Gasteiger partial charge in [0.2, 0.25) is 5.95 Å². The predicted octanol–water partition coefficient (Wildman–Crippen LogP) is 4.19. The van der Waals surface area contributed by atoms with Gasteiger partial charge in [0.05, 0.1) is 6.20 Å². The van der Waals surface area contributed by atoms with Gasteiger partial charge in [0.15, 0.2) is 5.82 Å². The molecule has 1 aromatic rings. The summed E-state index contributed by atoms with van der Waals surface area (Å²) < 4.78 is 0. The summed E-state index contributed by atoms with van der Waals surface area (Å²) in [5, 5.41) is 6.98. The Morgan fingerprint density at radius 1 is 1.35 bits per heavy atom. The molecule has 0 spiro atoms. The second-order valence-electron chi connectivity index (χ2n) is 6.30. The van der Waals surface area contributed by atoms with E-state index in [0.717, 1.165) is 18.3 Å². The maximum Gasteiger partial charge on any atom is 0.224 e. The van der Waals surface area contributed by atoms with Crippen LogP contribution in [0.4, 0.5) is 11.8 Å². The Balaban J connectivity index is 2.06. The maximum atomic E-state index is 6.17. The molecule has 0 radical (unpaired) electrons. The zero-order valence-corrected chi connectivity index (χ0v) is 13.4. The van der Waals surface area contributed by atoms with Gasteiger partial charge >= 0.3 is 0 Å². The van der Waals surface area contributed by atoms with Crippen LogP contribution in [0.3, 0.4) is 0 Å². The van der Waals surface area contributed by atoms with Crippen molar-refractivity contribution in [3.05, 3.63) is 11.2 Å². The lowest BCUT2D eigenvalue weighted by Crippen LogP contribution is -2.29. The first-order chi connectivity index (χ1) is 9.54. The van der Waals surface area contributed by atoms with Gasteiger partial charge < -0.3 is 10.6 Å². The average molecular weight is 297 g/mol. The molecule has 0 bridgehead atoms. The Morgan fingerprint density at radius 3 is 2.65 bits per heavy atom. The summed E-state index contributed by atoms with van der Waals surface area (Å²) in [5.74, 6) is 2.06. The first-order valence-electron chi connectivity index (χ1n) is 7.49. The highest BCUT2D eigenvalue weighted by molar-refractivity contribution is 6.32. The third kappa shape index (κ3) is 3.75. The molecular formula is C15H25ClN4. The molecule has 0 aliphatic heterocycles. The molecule has 0 aromatic carbocycles. The zero-order valence-electron chi connectivity index (χ0n) is 12.7. The normalized spacial score (nSPS) is 17.4. The number of hydrogen-bond donors (Lipinski definition) is 2. The monoisotopic (exact) mass is 296 g/mol. The van der Waals surface area contributed by atoms with Crippen LogP contribution >= 0.6 is 11.6 Å². The van der Waals surface area contributed by atoms with Crippen molar-refractivity contribution in [2.75, 3.05) is 24.2 Å². The van der Waals surface area contributed by atoms with Crippen LogP contribution in [-0.2, 0) is 0 Å². The van der Waals surface area contributed by atoms with Crippen LogP contribution in [0.2, 0.25) is 5.02 Å². The molecular weight excluding hydrogens is 272 g/mol. The molecule has 112 valence electrons. The highest BCUT2D eigenvalue weighted by atomic mass is 35.5. The molecule has 2 rings (SSSR count).